The van der Waals surface area contributed by atoms with Crippen molar-refractivity contribution >= 4 is 11.3 Å². The first-order valence-electron chi connectivity index (χ1n) is 3.33. The SMILES string of the molecule is O=c1[nH]nc(-c2ccccn2)s1. The fourth-order valence-electron chi connectivity index (χ4n) is 0.829. The molecule has 5 heteroatoms. The Morgan fingerprint density at radius 2 is 2.33 bits per heavy atom. The van der Waals surface area contributed by atoms with Crippen molar-refractivity contribution in [1.82, 2.24) is 15.2 Å². The van der Waals surface area contributed by atoms with Gasteiger partial charge in [0, 0.05) is 6.20 Å². The summed E-state index contributed by atoms with van der Waals surface area (Å²) >= 11 is 1.06. The molecule has 1 N–H and O–H groups in total. The van der Waals surface area contributed by atoms with Gasteiger partial charge in [-0.2, -0.15) is 5.10 Å². The summed E-state index contributed by atoms with van der Waals surface area (Å²) in [4.78, 5) is 14.6. The number of pyridine rings is 1. The highest BCUT2D eigenvalue weighted by atomic mass is 32.1. The molecule has 0 fully saturated rings. The molecule has 2 aromatic heterocycles. The molecular formula is C7H5N3OS. The molecule has 12 heavy (non-hydrogen) atoms. The Balaban J connectivity index is 2.51. The number of H-pyrrole nitrogens is 1. The van der Waals surface area contributed by atoms with E-state index >= 15 is 0 Å². The van der Waals surface area contributed by atoms with E-state index in [4.69, 9.17) is 0 Å². The molecule has 2 heterocycles. The number of aromatic amines is 1. The maximum atomic E-state index is 10.7. The Morgan fingerprint density at radius 3 is 2.92 bits per heavy atom. The molecule has 0 atom stereocenters. The van der Waals surface area contributed by atoms with Crippen LogP contribution in [0.2, 0.25) is 0 Å². The highest BCUT2D eigenvalue weighted by molar-refractivity contribution is 7.12. The minimum Gasteiger partial charge on any atom is -0.255 e. The van der Waals surface area contributed by atoms with Gasteiger partial charge < -0.3 is 0 Å². The van der Waals surface area contributed by atoms with Gasteiger partial charge in [0.15, 0.2) is 5.01 Å². The Hall–Kier alpha value is -1.49. The van der Waals surface area contributed by atoms with Crippen molar-refractivity contribution in [2.75, 3.05) is 0 Å². The molecule has 0 unspecified atom stereocenters. The fourth-order valence-corrected chi connectivity index (χ4v) is 1.41. The minimum absolute atomic E-state index is 0.157. The summed E-state index contributed by atoms with van der Waals surface area (Å²) in [7, 11) is 0. The van der Waals surface area contributed by atoms with E-state index in [9.17, 15) is 4.79 Å². The van der Waals surface area contributed by atoms with Crippen LogP contribution in [0, 0.1) is 0 Å². The zero-order valence-corrected chi connectivity index (χ0v) is 6.84. The van der Waals surface area contributed by atoms with Crippen LogP contribution in [0.15, 0.2) is 29.2 Å². The maximum Gasteiger partial charge on any atom is 0.322 e. The lowest BCUT2D eigenvalue weighted by molar-refractivity contribution is 1.05. The van der Waals surface area contributed by atoms with Gasteiger partial charge in [0.1, 0.15) is 5.69 Å². The Kier molecular flexibility index (Phi) is 1.71. The molecule has 0 saturated heterocycles. The standard InChI is InChI=1S/C7H5N3OS/c11-7-10-9-6(12-7)5-3-1-2-4-8-5/h1-4H,(H,10,11). The summed E-state index contributed by atoms with van der Waals surface area (Å²) in [6.45, 7) is 0. The summed E-state index contributed by atoms with van der Waals surface area (Å²) in [6.07, 6.45) is 1.67. The van der Waals surface area contributed by atoms with Gasteiger partial charge in [-0.1, -0.05) is 17.4 Å². The first-order chi connectivity index (χ1) is 5.86. The molecule has 0 aromatic carbocycles. The zero-order valence-electron chi connectivity index (χ0n) is 6.02. The second-order valence-electron chi connectivity index (χ2n) is 2.13. The molecule has 0 aliphatic rings. The number of nitrogens with one attached hydrogen (secondary N) is 1. The molecule has 0 radical (unpaired) electrons. The van der Waals surface area contributed by atoms with Crippen LogP contribution < -0.4 is 4.87 Å². The lowest BCUT2D eigenvalue weighted by atomic mass is 10.4. The van der Waals surface area contributed by atoms with Crippen LogP contribution in [0.1, 0.15) is 0 Å². The van der Waals surface area contributed by atoms with E-state index in [1.807, 2.05) is 18.2 Å². The predicted octanol–water partition coefficient (Wildman–Crippen LogP) is 0.893. The van der Waals surface area contributed by atoms with Crippen LogP contribution in [0.5, 0.6) is 0 Å². The molecule has 0 spiro atoms. The third kappa shape index (κ3) is 1.26. The molecule has 0 bridgehead atoms. The van der Waals surface area contributed by atoms with E-state index in [0.29, 0.717) is 5.01 Å². The van der Waals surface area contributed by atoms with Gasteiger partial charge in [0.2, 0.25) is 0 Å². The summed E-state index contributed by atoms with van der Waals surface area (Å²) < 4.78 is 0. The van der Waals surface area contributed by atoms with Crippen molar-refractivity contribution in [3.8, 4) is 10.7 Å². The monoisotopic (exact) mass is 179 g/mol. The van der Waals surface area contributed by atoms with Crippen LogP contribution in [0.4, 0.5) is 0 Å². The van der Waals surface area contributed by atoms with Gasteiger partial charge in [0.25, 0.3) is 0 Å². The lowest BCUT2D eigenvalue weighted by Gasteiger charge is -1.89. The van der Waals surface area contributed by atoms with Crippen LogP contribution in [-0.4, -0.2) is 15.2 Å². The van der Waals surface area contributed by atoms with E-state index < -0.39 is 0 Å². The summed E-state index contributed by atoms with van der Waals surface area (Å²) in [5.74, 6) is 0. The predicted molar refractivity (Wildman–Crippen MR) is 46.0 cm³/mol. The number of nitrogens with zero attached hydrogens (tertiary/aromatic N) is 2. The zero-order chi connectivity index (χ0) is 8.39. The van der Waals surface area contributed by atoms with Crippen LogP contribution in [-0.2, 0) is 0 Å². The molecule has 4 nitrogen and oxygen atoms in total. The summed E-state index contributed by atoms with van der Waals surface area (Å²) in [5.41, 5.74) is 0.723. The molecule has 2 aromatic rings. The van der Waals surface area contributed by atoms with Crippen molar-refractivity contribution in [3.05, 3.63) is 34.1 Å². The minimum atomic E-state index is -0.157. The fraction of sp³-hybridized carbons (Fsp3) is 0. The Labute approximate surface area is 71.9 Å². The normalized spacial score (nSPS) is 10.0. The third-order valence-corrected chi connectivity index (χ3v) is 2.09. The van der Waals surface area contributed by atoms with E-state index in [1.165, 1.54) is 0 Å². The van der Waals surface area contributed by atoms with E-state index in [1.54, 1.807) is 6.20 Å². The van der Waals surface area contributed by atoms with E-state index in [0.717, 1.165) is 17.0 Å². The summed E-state index contributed by atoms with van der Waals surface area (Å²) in [6, 6.07) is 5.49. The highest BCUT2D eigenvalue weighted by Gasteiger charge is 2.02. The second kappa shape index (κ2) is 2.86. The molecule has 0 saturated carbocycles. The van der Waals surface area contributed by atoms with Crippen LogP contribution >= 0.6 is 11.3 Å². The first-order valence-corrected chi connectivity index (χ1v) is 4.15. The van der Waals surface area contributed by atoms with E-state index in [2.05, 4.69) is 15.2 Å². The van der Waals surface area contributed by atoms with Gasteiger partial charge >= 0.3 is 4.87 Å². The Bertz CT molecular complexity index is 419. The van der Waals surface area contributed by atoms with Crippen molar-refractivity contribution in [2.24, 2.45) is 0 Å². The largest absolute Gasteiger partial charge is 0.322 e. The number of rotatable bonds is 1. The highest BCUT2D eigenvalue weighted by Crippen LogP contribution is 2.13. The molecule has 0 amide bonds. The quantitative estimate of drug-likeness (QED) is 0.707. The molecular weight excluding hydrogens is 174 g/mol. The van der Waals surface area contributed by atoms with Gasteiger partial charge in [-0.3, -0.25) is 9.78 Å². The number of hydrogen-bond acceptors (Lipinski definition) is 4. The molecule has 0 aliphatic heterocycles. The smallest absolute Gasteiger partial charge is 0.255 e. The van der Waals surface area contributed by atoms with Crippen LogP contribution in [0.25, 0.3) is 10.7 Å². The van der Waals surface area contributed by atoms with Gasteiger partial charge in [0.05, 0.1) is 0 Å². The van der Waals surface area contributed by atoms with E-state index in [-0.39, 0.29) is 4.87 Å². The average Bonchev–Trinajstić information content (AvgIpc) is 2.54. The maximum absolute atomic E-state index is 10.7. The molecule has 60 valence electrons. The molecule has 2 rings (SSSR count). The number of aromatic nitrogens is 3. The Morgan fingerprint density at radius 1 is 1.42 bits per heavy atom. The van der Waals surface area contributed by atoms with Gasteiger partial charge in [-0.05, 0) is 12.1 Å². The third-order valence-electron chi connectivity index (χ3n) is 1.32. The second-order valence-corrected chi connectivity index (χ2v) is 3.09. The van der Waals surface area contributed by atoms with Gasteiger partial charge in [-0.15, -0.1) is 0 Å². The van der Waals surface area contributed by atoms with Crippen molar-refractivity contribution < 1.29 is 0 Å². The topological polar surface area (TPSA) is 58.6 Å². The first kappa shape index (κ1) is 7.17. The van der Waals surface area contributed by atoms with Crippen molar-refractivity contribution in [2.45, 2.75) is 0 Å². The number of hydrogen-bond donors (Lipinski definition) is 1. The summed E-state index contributed by atoms with van der Waals surface area (Å²) in [5, 5.41) is 6.77. The average molecular weight is 179 g/mol. The molecule has 0 aliphatic carbocycles. The van der Waals surface area contributed by atoms with Gasteiger partial charge in [-0.25, -0.2) is 5.10 Å². The van der Waals surface area contributed by atoms with Crippen molar-refractivity contribution in [1.29, 1.82) is 0 Å². The van der Waals surface area contributed by atoms with Crippen molar-refractivity contribution in [3.63, 3.8) is 0 Å². The lowest BCUT2D eigenvalue weighted by Crippen LogP contribution is -1.90. The van der Waals surface area contributed by atoms with Crippen LogP contribution in [0.3, 0.4) is 0 Å².